The third-order valence-corrected chi connectivity index (χ3v) is 16.3. The third-order valence-electron chi connectivity index (χ3n) is 5.61. The SMILES string of the molecule is CC(/C=C(/C)[N-]Cc1ccccn1)=Nc1c(C(C)C)cccc1C(C)C.C[Si](C)(C)[N-][Si](C)(C)C.C[Si](C)(C)[N-][Si](C)(C)C.[La+3]. The number of hydrogen-bond acceptors (Lipinski definition) is 2. The van der Waals surface area contributed by atoms with Gasteiger partial charge in [0, 0.05) is 17.6 Å². The molecule has 2 rings (SSSR count). The average Bonchev–Trinajstić information content (AvgIpc) is 2.79. The standard InChI is InChI=1S/C23H30N3.2C6H18NSi2.La/c1-16(2)21-11-9-12-22(17(3)4)23(21)26-19(6)14-18(5)25-15-20-10-7-8-13-24-20;2*1-8(2,3)7-9(4,5)6;/h7-14,16-17H,15H2,1-6H3;2*1-6H3;/q3*-1;+3/b18-14-,26-19?;;;. The molecule has 0 bridgehead atoms. The zero-order valence-corrected chi connectivity index (χ0v) is 39.9. The van der Waals surface area contributed by atoms with Crippen LogP contribution >= 0.6 is 0 Å². The smallest absolute Gasteiger partial charge is 0.683 e. The van der Waals surface area contributed by atoms with E-state index in [1.54, 1.807) is 6.20 Å². The molecule has 0 aliphatic carbocycles. The van der Waals surface area contributed by atoms with Gasteiger partial charge in [-0.05, 0) is 42.0 Å². The van der Waals surface area contributed by atoms with Crippen molar-refractivity contribution in [2.24, 2.45) is 4.99 Å². The molecule has 45 heavy (non-hydrogen) atoms. The van der Waals surface area contributed by atoms with Crippen molar-refractivity contribution in [3.63, 3.8) is 0 Å². The fourth-order valence-corrected chi connectivity index (χ4v) is 21.0. The summed E-state index contributed by atoms with van der Waals surface area (Å²) in [7, 11) is -4.42. The van der Waals surface area contributed by atoms with Gasteiger partial charge in [0.15, 0.2) is 0 Å². The molecule has 0 fully saturated rings. The Balaban J connectivity index is 0. The second-order valence-corrected chi connectivity index (χ2v) is 35.3. The fourth-order valence-electron chi connectivity index (χ4n) is 4.91. The van der Waals surface area contributed by atoms with E-state index in [0.717, 1.165) is 22.8 Å². The van der Waals surface area contributed by atoms with E-state index >= 15 is 0 Å². The Morgan fingerprint density at radius 3 is 1.42 bits per heavy atom. The van der Waals surface area contributed by atoms with E-state index in [1.165, 1.54) is 11.1 Å². The molecular formula is C35H66LaN5Si4. The fraction of sp³-hybridized carbons (Fsp3) is 0.600. The predicted octanol–water partition coefficient (Wildman–Crippen LogP) is 13.0. The Labute approximate surface area is 311 Å². The van der Waals surface area contributed by atoms with Gasteiger partial charge in [-0.15, -0.1) is 0 Å². The largest absolute Gasteiger partial charge is 3.00 e. The van der Waals surface area contributed by atoms with Crippen LogP contribution in [-0.4, -0.2) is 43.6 Å². The maximum Gasteiger partial charge on any atom is 3.00 e. The molecule has 1 aromatic carbocycles. The number of allylic oxidation sites excluding steroid dienone is 2. The number of rotatable bonds is 11. The predicted molar refractivity (Wildman–Crippen MR) is 213 cm³/mol. The van der Waals surface area contributed by atoms with Gasteiger partial charge in [-0.1, -0.05) is 183 Å². The van der Waals surface area contributed by atoms with Crippen LogP contribution in [0.2, 0.25) is 78.6 Å². The minimum Gasteiger partial charge on any atom is -0.683 e. The van der Waals surface area contributed by atoms with Gasteiger partial charge in [-0.2, -0.15) is 5.70 Å². The van der Waals surface area contributed by atoms with Crippen LogP contribution in [0.4, 0.5) is 5.69 Å². The van der Waals surface area contributed by atoms with Crippen LogP contribution < -0.4 is 0 Å². The number of pyridine rings is 1. The van der Waals surface area contributed by atoms with Gasteiger partial charge in [0.2, 0.25) is 0 Å². The summed E-state index contributed by atoms with van der Waals surface area (Å²) in [5.41, 5.74) is 6.62. The van der Waals surface area contributed by atoms with Gasteiger partial charge in [-0.25, -0.2) is 0 Å². The molecule has 0 aliphatic heterocycles. The number of aromatic nitrogens is 1. The van der Waals surface area contributed by atoms with Crippen LogP contribution in [0.5, 0.6) is 0 Å². The van der Waals surface area contributed by atoms with Crippen LogP contribution in [0.1, 0.15) is 70.2 Å². The zero-order valence-electron chi connectivity index (χ0n) is 32.3. The molecule has 1 aromatic heterocycles. The van der Waals surface area contributed by atoms with Crippen molar-refractivity contribution in [2.45, 2.75) is 138 Å². The van der Waals surface area contributed by atoms with Gasteiger partial charge in [-0.3, -0.25) is 9.98 Å². The Morgan fingerprint density at radius 1 is 0.689 bits per heavy atom. The second-order valence-electron chi connectivity index (χ2n) is 16.2. The first-order chi connectivity index (χ1) is 19.8. The van der Waals surface area contributed by atoms with Crippen molar-refractivity contribution in [1.82, 2.24) is 4.98 Å². The second kappa shape index (κ2) is 20.8. The summed E-state index contributed by atoms with van der Waals surface area (Å²) in [6, 6.07) is 12.4. The van der Waals surface area contributed by atoms with E-state index in [2.05, 4.69) is 135 Å². The van der Waals surface area contributed by atoms with E-state index < -0.39 is 32.9 Å². The molecule has 1 heterocycles. The Hall–Kier alpha value is -0.438. The van der Waals surface area contributed by atoms with Gasteiger partial charge < -0.3 is 14.6 Å². The Morgan fingerprint density at radius 2 is 1.11 bits per heavy atom. The first kappa shape index (κ1) is 46.7. The van der Waals surface area contributed by atoms with Crippen LogP contribution in [0, 0.1) is 35.6 Å². The monoisotopic (exact) mass is 807 g/mol. The molecule has 250 valence electrons. The van der Waals surface area contributed by atoms with Crippen LogP contribution in [0.3, 0.4) is 0 Å². The van der Waals surface area contributed by atoms with Crippen LogP contribution in [-0.2, 0) is 6.54 Å². The van der Waals surface area contributed by atoms with Crippen LogP contribution in [0.15, 0.2) is 59.4 Å². The summed E-state index contributed by atoms with van der Waals surface area (Å²) in [4.78, 5) is 9.27. The van der Waals surface area contributed by atoms with Gasteiger partial charge in [0.25, 0.3) is 0 Å². The van der Waals surface area contributed by atoms with Crippen molar-refractivity contribution in [3.05, 3.63) is 85.8 Å². The van der Waals surface area contributed by atoms with E-state index in [0.29, 0.717) is 18.4 Å². The van der Waals surface area contributed by atoms with E-state index in [9.17, 15) is 0 Å². The molecule has 0 spiro atoms. The Bertz CT molecular complexity index is 1100. The first-order valence-electron chi connectivity index (χ1n) is 16.2. The average molecular weight is 808 g/mol. The summed E-state index contributed by atoms with van der Waals surface area (Å²) in [5.74, 6) is 0.887. The topological polar surface area (TPSA) is 67.6 Å². The molecule has 0 amide bonds. The van der Waals surface area contributed by atoms with Crippen LogP contribution in [0.25, 0.3) is 14.6 Å². The molecule has 0 saturated heterocycles. The van der Waals surface area contributed by atoms with Crippen molar-refractivity contribution in [2.75, 3.05) is 0 Å². The van der Waals surface area contributed by atoms with Crippen molar-refractivity contribution in [1.29, 1.82) is 0 Å². The maximum absolute atomic E-state index is 4.96. The molecule has 0 radical (unpaired) electrons. The van der Waals surface area contributed by atoms with Gasteiger partial charge in [0.05, 0.1) is 5.69 Å². The maximum atomic E-state index is 4.96. The molecule has 10 heteroatoms. The molecule has 0 N–H and O–H groups in total. The van der Waals surface area contributed by atoms with Crippen molar-refractivity contribution < 1.29 is 35.6 Å². The number of benzene rings is 1. The van der Waals surface area contributed by atoms with Crippen molar-refractivity contribution >= 4 is 44.3 Å². The zero-order chi connectivity index (χ0) is 34.5. The molecule has 0 atom stereocenters. The molecule has 2 aromatic rings. The molecule has 0 unspecified atom stereocenters. The number of nitrogens with zero attached hydrogens (tertiary/aromatic N) is 5. The van der Waals surface area contributed by atoms with E-state index in [-0.39, 0.29) is 35.6 Å². The number of para-hydroxylation sites is 1. The summed E-state index contributed by atoms with van der Waals surface area (Å²) in [6.07, 6.45) is 3.84. The minimum absolute atomic E-state index is 0. The molecule has 0 aliphatic rings. The molecular weight excluding hydrogens is 742 g/mol. The first-order valence-corrected chi connectivity index (χ1v) is 30.0. The summed E-state index contributed by atoms with van der Waals surface area (Å²) < 4.78 is 9.64. The third kappa shape index (κ3) is 25.3. The summed E-state index contributed by atoms with van der Waals surface area (Å²) >= 11 is 0. The molecule has 0 saturated carbocycles. The van der Waals surface area contributed by atoms with E-state index in [1.807, 2.05) is 38.1 Å². The summed E-state index contributed by atoms with van der Waals surface area (Å²) in [5, 5.41) is 4.61. The normalized spacial score (nSPS) is 13.0. The van der Waals surface area contributed by atoms with Gasteiger partial charge >= 0.3 is 35.6 Å². The Kier molecular flexibility index (Phi) is 21.6. The van der Waals surface area contributed by atoms with Crippen molar-refractivity contribution in [3.8, 4) is 0 Å². The minimum atomic E-state index is -1.11. The van der Waals surface area contributed by atoms with E-state index in [4.69, 9.17) is 14.3 Å². The van der Waals surface area contributed by atoms with Gasteiger partial charge in [0.1, 0.15) is 0 Å². The summed E-state index contributed by atoms with van der Waals surface area (Å²) in [6.45, 7) is 41.1. The molecule has 5 nitrogen and oxygen atoms in total. The quantitative estimate of drug-likeness (QED) is 0.165. The number of hydrogen-bond donors (Lipinski definition) is 0. The number of aliphatic imine (C=N–C) groups is 1.